The number of phenols is 1. The van der Waals surface area contributed by atoms with Crippen LogP contribution in [0, 0.1) is 11.8 Å². The summed E-state index contributed by atoms with van der Waals surface area (Å²) in [4.78, 5) is 2.36. The third-order valence-electron chi connectivity index (χ3n) is 8.18. The fourth-order valence-corrected chi connectivity index (χ4v) is 6.36. The summed E-state index contributed by atoms with van der Waals surface area (Å²) in [6, 6.07) is 3.82. The van der Waals surface area contributed by atoms with Gasteiger partial charge in [-0.25, -0.2) is 0 Å². The molecule has 0 amide bonds. The second kappa shape index (κ2) is 9.15. The van der Waals surface area contributed by atoms with Crippen molar-refractivity contribution in [2.24, 2.45) is 11.8 Å². The monoisotopic (exact) mass is 429 g/mol. The number of rotatable bonds is 6. The molecule has 2 heterocycles. The van der Waals surface area contributed by atoms with E-state index in [0.29, 0.717) is 17.6 Å². The van der Waals surface area contributed by atoms with Crippen LogP contribution in [-0.2, 0) is 11.8 Å². The molecule has 4 rings (SSSR count). The molecule has 174 valence electrons. The Kier molecular flexibility index (Phi) is 7.12. The molecule has 1 aliphatic carbocycles. The van der Waals surface area contributed by atoms with Crippen LogP contribution in [0.5, 0.6) is 11.5 Å². The van der Waals surface area contributed by atoms with E-state index in [0.717, 1.165) is 37.9 Å². The molecule has 4 heteroatoms. The fraction of sp³-hybridized carbons (Fsp3) is 0.704. The number of aromatic hydroxyl groups is 1. The maximum atomic E-state index is 12.0. The lowest BCUT2D eigenvalue weighted by atomic mass is 9.51. The minimum absolute atomic E-state index is 0.0306. The van der Waals surface area contributed by atoms with Crippen molar-refractivity contribution in [1.29, 1.82) is 0 Å². The lowest BCUT2D eigenvalue weighted by Crippen LogP contribution is -2.73. The van der Waals surface area contributed by atoms with Gasteiger partial charge in [-0.2, -0.15) is 0 Å². The Labute approximate surface area is 189 Å². The summed E-state index contributed by atoms with van der Waals surface area (Å²) in [7, 11) is 0. The van der Waals surface area contributed by atoms with Crippen molar-refractivity contribution in [2.45, 2.75) is 96.8 Å². The van der Waals surface area contributed by atoms with E-state index in [-0.39, 0.29) is 17.9 Å². The number of phenolic OH excluding ortho intramolecular Hbond substituents is 1. The van der Waals surface area contributed by atoms with Gasteiger partial charge in [0.05, 0.1) is 11.0 Å². The van der Waals surface area contributed by atoms with Crippen molar-refractivity contribution in [3.63, 3.8) is 0 Å². The molecule has 3 aliphatic rings. The summed E-state index contributed by atoms with van der Waals surface area (Å²) in [6.07, 6.45) is 7.05. The third-order valence-corrected chi connectivity index (χ3v) is 8.18. The highest BCUT2D eigenvalue weighted by Gasteiger charge is 2.69. The number of aliphatic hydroxyl groups is 1. The second-order valence-electron chi connectivity index (χ2n) is 10.2. The predicted octanol–water partition coefficient (Wildman–Crippen LogP) is 5.45. The molecule has 1 spiro atoms. The highest BCUT2D eigenvalue weighted by Crippen LogP contribution is 2.63. The lowest BCUT2D eigenvalue weighted by molar-refractivity contribution is -0.162. The average molecular weight is 430 g/mol. The predicted molar refractivity (Wildman–Crippen MR) is 128 cm³/mol. The minimum Gasteiger partial charge on any atom is -0.504 e. The number of hydrogen-bond acceptors (Lipinski definition) is 4. The molecular formula is C27H43NO3. The van der Waals surface area contributed by atoms with Crippen molar-refractivity contribution in [1.82, 2.24) is 4.90 Å². The van der Waals surface area contributed by atoms with E-state index in [1.165, 1.54) is 18.4 Å². The van der Waals surface area contributed by atoms with Gasteiger partial charge < -0.3 is 14.9 Å². The zero-order valence-electron chi connectivity index (χ0n) is 20.4. The Morgan fingerprint density at radius 2 is 1.94 bits per heavy atom. The summed E-state index contributed by atoms with van der Waals surface area (Å²) in [5.74, 6) is 1.59. The standard InChI is InChI=1S/C23H33NO3.C4H10/c1-6-11-24-12-10-23-19-15(13-18(24)22(23,5)26)8-9-17(25)20(19)27-21(23)16(7-2)14(3)4;1-3-4-2/h6,8-9,14,16,18,21,25-26H,1,7,10-13H2,2-5H3;3-4H2,1-2H3. The lowest BCUT2D eigenvalue weighted by Gasteiger charge is -2.60. The molecule has 31 heavy (non-hydrogen) atoms. The third kappa shape index (κ3) is 3.60. The molecule has 4 nitrogen and oxygen atoms in total. The number of nitrogens with zero attached hydrogens (tertiary/aromatic N) is 1. The number of likely N-dealkylation sites (tertiary alicyclic amines) is 1. The van der Waals surface area contributed by atoms with Crippen LogP contribution in [0.2, 0.25) is 0 Å². The highest BCUT2D eigenvalue weighted by atomic mass is 16.5. The fourth-order valence-electron chi connectivity index (χ4n) is 6.36. The van der Waals surface area contributed by atoms with Crippen molar-refractivity contribution in [3.8, 4) is 11.5 Å². The molecule has 1 fully saturated rings. The van der Waals surface area contributed by atoms with E-state index in [2.05, 4.69) is 46.1 Å². The number of ether oxygens (including phenoxy) is 1. The zero-order valence-corrected chi connectivity index (χ0v) is 20.4. The SMILES string of the molecule is C=CCN1CCC23c4c(ccc(O)c4OC2C(CC)C(C)C)CC1C3(C)O.CCCC. The Bertz CT molecular complexity index is 785. The molecule has 1 aromatic rings. The van der Waals surface area contributed by atoms with Crippen LogP contribution < -0.4 is 4.74 Å². The molecule has 2 aliphatic heterocycles. The van der Waals surface area contributed by atoms with Crippen LogP contribution in [0.25, 0.3) is 0 Å². The molecule has 5 unspecified atom stereocenters. The van der Waals surface area contributed by atoms with Crippen LogP contribution >= 0.6 is 0 Å². The molecular weight excluding hydrogens is 386 g/mol. The van der Waals surface area contributed by atoms with Crippen molar-refractivity contribution in [2.75, 3.05) is 13.1 Å². The normalized spacial score (nSPS) is 32.0. The first-order chi connectivity index (χ1) is 14.7. The van der Waals surface area contributed by atoms with Gasteiger partial charge in [0.15, 0.2) is 11.5 Å². The summed E-state index contributed by atoms with van der Waals surface area (Å²) in [5, 5.41) is 22.6. The van der Waals surface area contributed by atoms with E-state index in [1.807, 2.05) is 19.1 Å². The van der Waals surface area contributed by atoms with Gasteiger partial charge >= 0.3 is 0 Å². The smallest absolute Gasteiger partial charge is 0.165 e. The molecule has 0 radical (unpaired) electrons. The molecule has 1 saturated heterocycles. The van der Waals surface area contributed by atoms with E-state index >= 15 is 0 Å². The molecule has 2 N–H and O–H groups in total. The topological polar surface area (TPSA) is 52.9 Å². The van der Waals surface area contributed by atoms with Crippen LogP contribution in [0.3, 0.4) is 0 Å². The molecule has 5 atom stereocenters. The van der Waals surface area contributed by atoms with Gasteiger partial charge in [0.1, 0.15) is 6.10 Å². The van der Waals surface area contributed by atoms with Crippen molar-refractivity contribution >= 4 is 0 Å². The van der Waals surface area contributed by atoms with E-state index in [1.54, 1.807) is 6.07 Å². The summed E-state index contributed by atoms with van der Waals surface area (Å²) < 4.78 is 6.54. The quantitative estimate of drug-likeness (QED) is 0.591. The Hall–Kier alpha value is -1.52. The van der Waals surface area contributed by atoms with Crippen molar-refractivity contribution < 1.29 is 14.9 Å². The van der Waals surface area contributed by atoms with Crippen molar-refractivity contribution in [3.05, 3.63) is 35.9 Å². The summed E-state index contributed by atoms with van der Waals surface area (Å²) >= 11 is 0. The van der Waals surface area contributed by atoms with Crippen LogP contribution in [0.1, 0.15) is 78.4 Å². The Morgan fingerprint density at radius 3 is 2.48 bits per heavy atom. The molecule has 1 aromatic carbocycles. The maximum Gasteiger partial charge on any atom is 0.165 e. The maximum absolute atomic E-state index is 12.0. The van der Waals surface area contributed by atoms with Gasteiger partial charge in [-0.1, -0.05) is 59.6 Å². The number of fused-ring (bicyclic) bond motifs is 1. The van der Waals surface area contributed by atoms with Crippen LogP contribution in [0.4, 0.5) is 0 Å². The van der Waals surface area contributed by atoms with Gasteiger partial charge in [0.25, 0.3) is 0 Å². The first kappa shape index (κ1) is 24.1. The highest BCUT2D eigenvalue weighted by molar-refractivity contribution is 5.61. The minimum atomic E-state index is -0.923. The van der Waals surface area contributed by atoms with Crippen LogP contribution in [-0.4, -0.2) is 45.9 Å². The number of unbranched alkanes of at least 4 members (excludes halogenated alkanes) is 1. The Morgan fingerprint density at radius 1 is 1.26 bits per heavy atom. The molecule has 2 bridgehead atoms. The van der Waals surface area contributed by atoms with Crippen LogP contribution in [0.15, 0.2) is 24.8 Å². The summed E-state index contributed by atoms with van der Waals surface area (Å²) in [6.45, 7) is 18.6. The largest absolute Gasteiger partial charge is 0.504 e. The number of piperidine rings is 1. The number of hydrogen-bond donors (Lipinski definition) is 2. The Balaban J connectivity index is 0.000000628. The first-order valence-electron chi connectivity index (χ1n) is 12.3. The van der Waals surface area contributed by atoms with Gasteiger partial charge in [-0.05, 0) is 56.2 Å². The number of benzene rings is 1. The first-order valence-corrected chi connectivity index (χ1v) is 12.3. The second-order valence-corrected chi connectivity index (χ2v) is 10.2. The molecule has 0 aromatic heterocycles. The molecule has 0 saturated carbocycles. The summed E-state index contributed by atoms with van der Waals surface area (Å²) in [5.41, 5.74) is 0.898. The van der Waals surface area contributed by atoms with Gasteiger partial charge in [-0.3, -0.25) is 4.90 Å². The van der Waals surface area contributed by atoms with E-state index < -0.39 is 11.0 Å². The average Bonchev–Trinajstić information content (AvgIpc) is 3.06. The zero-order chi connectivity index (χ0) is 23.0. The van der Waals surface area contributed by atoms with Gasteiger partial charge in [0, 0.05) is 18.2 Å². The van der Waals surface area contributed by atoms with Gasteiger partial charge in [-0.15, -0.1) is 6.58 Å². The van der Waals surface area contributed by atoms with E-state index in [4.69, 9.17) is 4.74 Å². The van der Waals surface area contributed by atoms with E-state index in [9.17, 15) is 10.2 Å². The van der Waals surface area contributed by atoms with Gasteiger partial charge in [0.2, 0.25) is 0 Å².